The van der Waals surface area contributed by atoms with Gasteiger partial charge in [-0.15, -0.1) is 0 Å². The summed E-state index contributed by atoms with van der Waals surface area (Å²) in [5.41, 5.74) is 5.61. The number of aryl methyl sites for hydroxylation is 2. The summed E-state index contributed by atoms with van der Waals surface area (Å²) in [4.78, 5) is 24.4. The van der Waals surface area contributed by atoms with Gasteiger partial charge in [-0.05, 0) is 19.9 Å². The fraction of sp³-hybridized carbons (Fsp3) is 0.125. The summed E-state index contributed by atoms with van der Waals surface area (Å²) in [7, 11) is 0. The van der Waals surface area contributed by atoms with Gasteiger partial charge in [-0.3, -0.25) is 20.4 Å². The van der Waals surface area contributed by atoms with Crippen LogP contribution in [0.5, 0.6) is 0 Å². The number of hydrogen-bond donors (Lipinski definition) is 2. The maximum atomic E-state index is 12.5. The van der Waals surface area contributed by atoms with E-state index < -0.39 is 11.8 Å². The Morgan fingerprint density at radius 3 is 2.44 bits per heavy atom. The highest BCUT2D eigenvalue weighted by Gasteiger charge is 2.23. The van der Waals surface area contributed by atoms with Crippen LogP contribution in [0.15, 0.2) is 39.4 Å². The first-order valence-electron chi connectivity index (χ1n) is 7.22. The quantitative estimate of drug-likeness (QED) is 0.695. The number of halogens is 1. The topological polar surface area (TPSA) is 110 Å². The highest BCUT2D eigenvalue weighted by Crippen LogP contribution is 2.30. The molecule has 2 aromatic heterocycles. The van der Waals surface area contributed by atoms with E-state index in [1.807, 2.05) is 0 Å². The van der Waals surface area contributed by atoms with E-state index in [1.54, 1.807) is 38.1 Å². The van der Waals surface area contributed by atoms with Crippen molar-refractivity contribution in [2.24, 2.45) is 0 Å². The number of amides is 2. The number of aromatic nitrogens is 2. The van der Waals surface area contributed by atoms with Crippen LogP contribution in [-0.2, 0) is 0 Å². The molecule has 0 aliphatic carbocycles. The summed E-state index contributed by atoms with van der Waals surface area (Å²) in [5, 5.41) is 7.88. The zero-order valence-electron chi connectivity index (χ0n) is 13.3. The Morgan fingerprint density at radius 2 is 1.76 bits per heavy atom. The van der Waals surface area contributed by atoms with Crippen molar-refractivity contribution in [2.45, 2.75) is 13.8 Å². The first-order valence-corrected chi connectivity index (χ1v) is 7.60. The minimum absolute atomic E-state index is 0.0474. The predicted molar refractivity (Wildman–Crippen MR) is 87.9 cm³/mol. The molecule has 0 aliphatic rings. The van der Waals surface area contributed by atoms with E-state index in [9.17, 15) is 9.59 Å². The number of carbonyl (C=O) groups is 2. The molecule has 128 valence electrons. The third-order valence-corrected chi connectivity index (χ3v) is 3.70. The van der Waals surface area contributed by atoms with Gasteiger partial charge >= 0.3 is 0 Å². The number of hydrazine groups is 1. The van der Waals surface area contributed by atoms with Crippen molar-refractivity contribution < 1.29 is 18.6 Å². The highest BCUT2D eigenvalue weighted by molar-refractivity contribution is 6.33. The summed E-state index contributed by atoms with van der Waals surface area (Å²) < 4.78 is 9.92. The molecule has 8 nitrogen and oxygen atoms in total. The molecule has 9 heteroatoms. The zero-order valence-corrected chi connectivity index (χ0v) is 14.0. The van der Waals surface area contributed by atoms with E-state index in [4.69, 9.17) is 20.6 Å². The van der Waals surface area contributed by atoms with E-state index in [1.165, 1.54) is 6.07 Å². The van der Waals surface area contributed by atoms with Crippen LogP contribution in [0.2, 0.25) is 5.02 Å². The SMILES string of the molecule is Cc1cc(C(=O)NNC(=O)c2c(-c3ccccc3Cl)noc2C)no1. The molecule has 0 spiro atoms. The van der Waals surface area contributed by atoms with Crippen molar-refractivity contribution in [1.82, 2.24) is 21.2 Å². The number of nitrogens with zero attached hydrogens (tertiary/aromatic N) is 2. The normalized spacial score (nSPS) is 10.5. The van der Waals surface area contributed by atoms with Crippen LogP contribution >= 0.6 is 11.6 Å². The molecule has 2 N–H and O–H groups in total. The number of rotatable bonds is 3. The third-order valence-electron chi connectivity index (χ3n) is 3.37. The molecule has 1 aromatic carbocycles. The van der Waals surface area contributed by atoms with Crippen LogP contribution < -0.4 is 10.9 Å². The number of benzene rings is 1. The van der Waals surface area contributed by atoms with E-state index in [2.05, 4.69) is 21.2 Å². The first-order chi connectivity index (χ1) is 12.0. The lowest BCUT2D eigenvalue weighted by Crippen LogP contribution is -2.42. The van der Waals surface area contributed by atoms with Crippen LogP contribution in [0, 0.1) is 13.8 Å². The maximum absolute atomic E-state index is 12.5. The molecular formula is C16H13ClN4O4. The van der Waals surface area contributed by atoms with E-state index in [-0.39, 0.29) is 17.0 Å². The molecule has 3 rings (SSSR count). The van der Waals surface area contributed by atoms with Crippen LogP contribution in [-0.4, -0.2) is 22.1 Å². The molecular weight excluding hydrogens is 348 g/mol. The monoisotopic (exact) mass is 360 g/mol. The van der Waals surface area contributed by atoms with Crippen LogP contribution in [0.1, 0.15) is 32.4 Å². The molecule has 0 unspecified atom stereocenters. The van der Waals surface area contributed by atoms with Gasteiger partial charge in [0, 0.05) is 11.6 Å². The third kappa shape index (κ3) is 3.38. The van der Waals surface area contributed by atoms with Crippen molar-refractivity contribution in [3.8, 4) is 11.3 Å². The van der Waals surface area contributed by atoms with Crippen molar-refractivity contribution in [2.75, 3.05) is 0 Å². The predicted octanol–water partition coefficient (Wildman–Crippen LogP) is 2.67. The second kappa shape index (κ2) is 6.78. The molecule has 0 bridgehead atoms. The van der Waals surface area contributed by atoms with Crippen molar-refractivity contribution in [3.05, 3.63) is 58.1 Å². The van der Waals surface area contributed by atoms with E-state index in [0.717, 1.165) is 0 Å². The lowest BCUT2D eigenvalue weighted by Gasteiger charge is -2.07. The van der Waals surface area contributed by atoms with Gasteiger partial charge in [0.2, 0.25) is 0 Å². The van der Waals surface area contributed by atoms with Gasteiger partial charge in [0.1, 0.15) is 22.8 Å². The summed E-state index contributed by atoms with van der Waals surface area (Å²) in [6.07, 6.45) is 0. The minimum atomic E-state index is -0.612. The van der Waals surface area contributed by atoms with Gasteiger partial charge < -0.3 is 9.05 Å². The molecule has 0 saturated carbocycles. The van der Waals surface area contributed by atoms with Gasteiger partial charge in [0.25, 0.3) is 11.8 Å². The molecule has 0 fully saturated rings. The molecule has 0 radical (unpaired) electrons. The van der Waals surface area contributed by atoms with Gasteiger partial charge in [0.15, 0.2) is 5.69 Å². The first kappa shape index (κ1) is 16.7. The lowest BCUT2D eigenvalue weighted by atomic mass is 10.1. The highest BCUT2D eigenvalue weighted by atomic mass is 35.5. The van der Waals surface area contributed by atoms with Gasteiger partial charge in [0.05, 0.1) is 5.02 Å². The van der Waals surface area contributed by atoms with Crippen molar-refractivity contribution >= 4 is 23.4 Å². The van der Waals surface area contributed by atoms with Crippen LogP contribution in [0.3, 0.4) is 0 Å². The summed E-state index contributed by atoms with van der Waals surface area (Å²) >= 11 is 6.15. The van der Waals surface area contributed by atoms with Crippen molar-refractivity contribution in [1.29, 1.82) is 0 Å². The van der Waals surface area contributed by atoms with Crippen molar-refractivity contribution in [3.63, 3.8) is 0 Å². The Kier molecular flexibility index (Phi) is 4.53. The van der Waals surface area contributed by atoms with Gasteiger partial charge in [-0.1, -0.05) is 40.1 Å². The number of carbonyl (C=O) groups excluding carboxylic acids is 2. The second-order valence-corrected chi connectivity index (χ2v) is 5.58. The fourth-order valence-corrected chi connectivity index (χ4v) is 2.42. The number of hydrogen-bond acceptors (Lipinski definition) is 6. The summed E-state index contributed by atoms with van der Waals surface area (Å²) in [6.45, 7) is 3.24. The molecule has 0 saturated heterocycles. The number of nitrogens with one attached hydrogen (secondary N) is 2. The second-order valence-electron chi connectivity index (χ2n) is 5.17. The molecule has 2 amide bonds. The largest absolute Gasteiger partial charge is 0.361 e. The summed E-state index contributed by atoms with van der Waals surface area (Å²) in [5.74, 6) is -0.438. The fourth-order valence-electron chi connectivity index (χ4n) is 2.19. The lowest BCUT2D eigenvalue weighted by molar-refractivity contribution is 0.0841. The standard InChI is InChI=1S/C16H13ClN4O4/c1-8-7-12(20-24-8)15(22)18-19-16(23)13-9(2)25-21-14(13)10-5-3-4-6-11(10)17/h3-7H,1-2H3,(H,18,22)(H,19,23). The zero-order chi connectivity index (χ0) is 18.0. The molecule has 2 heterocycles. The Hall–Kier alpha value is -3.13. The Morgan fingerprint density at radius 1 is 1.04 bits per heavy atom. The molecule has 0 atom stereocenters. The average Bonchev–Trinajstić information content (AvgIpc) is 3.19. The Bertz CT molecular complexity index is 947. The molecule has 3 aromatic rings. The van der Waals surface area contributed by atoms with Crippen LogP contribution in [0.4, 0.5) is 0 Å². The Balaban J connectivity index is 1.80. The van der Waals surface area contributed by atoms with E-state index >= 15 is 0 Å². The maximum Gasteiger partial charge on any atom is 0.291 e. The summed E-state index contributed by atoms with van der Waals surface area (Å²) in [6, 6.07) is 8.37. The molecule has 25 heavy (non-hydrogen) atoms. The molecule has 0 aliphatic heterocycles. The average molecular weight is 361 g/mol. The Labute approximate surface area is 147 Å². The van der Waals surface area contributed by atoms with Gasteiger partial charge in [-0.25, -0.2) is 0 Å². The van der Waals surface area contributed by atoms with E-state index in [0.29, 0.717) is 22.1 Å². The minimum Gasteiger partial charge on any atom is -0.361 e. The smallest absolute Gasteiger partial charge is 0.291 e. The van der Waals surface area contributed by atoms with Gasteiger partial charge in [-0.2, -0.15) is 0 Å². The van der Waals surface area contributed by atoms with Crippen LogP contribution in [0.25, 0.3) is 11.3 Å².